The quantitative estimate of drug-likeness (QED) is 0.426. The van der Waals surface area contributed by atoms with Crippen LogP contribution in [0.5, 0.6) is 0 Å². The minimum atomic E-state index is 0.699. The molecule has 0 unspecified atom stereocenters. The predicted octanol–water partition coefficient (Wildman–Crippen LogP) is -1.45. The second kappa shape index (κ2) is 7.94. The van der Waals surface area contributed by atoms with Gasteiger partial charge in [-0.05, 0) is 19.5 Å². The predicted molar refractivity (Wildman–Crippen MR) is 48.2 cm³/mol. The highest BCUT2D eigenvalue weighted by molar-refractivity contribution is 4.58. The molecule has 0 spiro atoms. The molecule has 4 nitrogen and oxygen atoms in total. The van der Waals surface area contributed by atoms with Crippen molar-refractivity contribution in [3.05, 3.63) is 0 Å². The molecule has 11 heavy (non-hydrogen) atoms. The maximum absolute atomic E-state index is 5.42. The lowest BCUT2D eigenvalue weighted by molar-refractivity contribution is 0.287. The Hall–Kier alpha value is -0.160. The minimum absolute atomic E-state index is 0.699. The molecule has 0 saturated heterocycles. The molecule has 68 valence electrons. The summed E-state index contributed by atoms with van der Waals surface area (Å²) in [5.74, 6) is 0. The van der Waals surface area contributed by atoms with Gasteiger partial charge in [-0.25, -0.2) is 0 Å². The largest absolute Gasteiger partial charge is 0.330 e. The Kier molecular flexibility index (Phi) is 7.83. The van der Waals surface area contributed by atoms with Gasteiger partial charge in [-0.1, -0.05) is 0 Å². The molecule has 0 saturated carbocycles. The van der Waals surface area contributed by atoms with Crippen LogP contribution in [0.2, 0.25) is 0 Å². The fourth-order valence-corrected chi connectivity index (χ4v) is 1.02. The zero-order valence-electron chi connectivity index (χ0n) is 7.13. The summed E-state index contributed by atoms with van der Waals surface area (Å²) in [4.78, 5) is 2.24. The van der Waals surface area contributed by atoms with Crippen LogP contribution in [0, 0.1) is 0 Å². The molecule has 0 radical (unpaired) electrons. The number of nitrogens with zero attached hydrogens (tertiary/aromatic N) is 1. The van der Waals surface area contributed by atoms with Crippen LogP contribution in [-0.2, 0) is 0 Å². The summed E-state index contributed by atoms with van der Waals surface area (Å²) >= 11 is 0. The van der Waals surface area contributed by atoms with E-state index in [9.17, 15) is 0 Å². The zero-order chi connectivity index (χ0) is 8.53. The molecule has 6 N–H and O–H groups in total. The van der Waals surface area contributed by atoms with Gasteiger partial charge in [-0.2, -0.15) is 0 Å². The van der Waals surface area contributed by atoms with Crippen molar-refractivity contribution in [1.29, 1.82) is 0 Å². The van der Waals surface area contributed by atoms with Gasteiger partial charge < -0.3 is 22.1 Å². The van der Waals surface area contributed by atoms with Gasteiger partial charge in [-0.3, -0.25) is 0 Å². The van der Waals surface area contributed by atoms with Gasteiger partial charge in [0.05, 0.1) is 0 Å². The van der Waals surface area contributed by atoms with Crippen LogP contribution >= 0.6 is 0 Å². The maximum Gasteiger partial charge on any atom is 0.0105 e. The summed E-state index contributed by atoms with van der Waals surface area (Å²) < 4.78 is 0. The van der Waals surface area contributed by atoms with Gasteiger partial charge in [0.1, 0.15) is 0 Å². The summed E-state index contributed by atoms with van der Waals surface area (Å²) in [6, 6.07) is 0. The van der Waals surface area contributed by atoms with E-state index in [1.807, 2.05) is 0 Å². The average Bonchev–Trinajstić information content (AvgIpc) is 2.01. The Morgan fingerprint density at radius 1 is 0.727 bits per heavy atom. The van der Waals surface area contributed by atoms with Crippen LogP contribution in [0.25, 0.3) is 0 Å². The normalized spacial score (nSPS) is 10.9. The Bertz CT molecular complexity index is 70.8. The first-order chi connectivity index (χ1) is 5.35. The lowest BCUT2D eigenvalue weighted by Gasteiger charge is -2.19. The molecular formula is C7H20N4. The van der Waals surface area contributed by atoms with Crippen LogP contribution in [0.4, 0.5) is 0 Å². The molecular weight excluding hydrogens is 140 g/mol. The SMILES string of the molecule is NCCCN(CCN)CCN. The number of rotatable bonds is 7. The van der Waals surface area contributed by atoms with Gasteiger partial charge in [0, 0.05) is 26.2 Å². The molecule has 0 aromatic rings. The fourth-order valence-electron chi connectivity index (χ4n) is 1.02. The van der Waals surface area contributed by atoms with Gasteiger partial charge in [0.25, 0.3) is 0 Å². The standard InChI is InChI=1S/C7H20N4/c8-2-1-5-11(6-3-9)7-4-10/h1-10H2. The third-order valence-electron chi connectivity index (χ3n) is 1.57. The average molecular weight is 160 g/mol. The van der Waals surface area contributed by atoms with Crippen molar-refractivity contribution < 1.29 is 0 Å². The van der Waals surface area contributed by atoms with Crippen molar-refractivity contribution in [2.45, 2.75) is 6.42 Å². The first-order valence-corrected chi connectivity index (χ1v) is 4.17. The van der Waals surface area contributed by atoms with Crippen LogP contribution in [-0.4, -0.2) is 44.2 Å². The third kappa shape index (κ3) is 6.25. The number of hydrogen-bond donors (Lipinski definition) is 3. The molecule has 0 aromatic carbocycles. The highest BCUT2D eigenvalue weighted by atomic mass is 15.1. The van der Waals surface area contributed by atoms with Gasteiger partial charge in [-0.15, -0.1) is 0 Å². The van der Waals surface area contributed by atoms with Crippen LogP contribution < -0.4 is 17.2 Å². The van der Waals surface area contributed by atoms with Crippen LogP contribution in [0.15, 0.2) is 0 Å². The second-order valence-corrected chi connectivity index (χ2v) is 2.56. The molecule has 0 bridgehead atoms. The highest BCUT2D eigenvalue weighted by Crippen LogP contribution is 1.87. The number of hydrogen-bond acceptors (Lipinski definition) is 4. The van der Waals surface area contributed by atoms with Crippen molar-refractivity contribution in [3.8, 4) is 0 Å². The van der Waals surface area contributed by atoms with Crippen LogP contribution in [0.3, 0.4) is 0 Å². The Morgan fingerprint density at radius 2 is 1.27 bits per heavy atom. The summed E-state index contributed by atoms with van der Waals surface area (Å²) in [6.07, 6.45) is 1.03. The van der Waals surface area contributed by atoms with Crippen molar-refractivity contribution >= 4 is 0 Å². The van der Waals surface area contributed by atoms with E-state index in [1.165, 1.54) is 0 Å². The minimum Gasteiger partial charge on any atom is -0.330 e. The summed E-state index contributed by atoms with van der Waals surface area (Å²) in [7, 11) is 0. The Morgan fingerprint density at radius 3 is 1.64 bits per heavy atom. The van der Waals surface area contributed by atoms with Gasteiger partial charge >= 0.3 is 0 Å². The van der Waals surface area contributed by atoms with E-state index in [0.717, 1.165) is 32.6 Å². The van der Waals surface area contributed by atoms with Crippen molar-refractivity contribution in [3.63, 3.8) is 0 Å². The molecule has 4 heteroatoms. The number of nitrogens with two attached hydrogens (primary N) is 3. The second-order valence-electron chi connectivity index (χ2n) is 2.56. The smallest absolute Gasteiger partial charge is 0.0105 e. The molecule has 0 rings (SSSR count). The van der Waals surface area contributed by atoms with Crippen molar-refractivity contribution in [2.75, 3.05) is 39.3 Å². The molecule has 0 fully saturated rings. The van der Waals surface area contributed by atoms with Crippen LogP contribution in [0.1, 0.15) is 6.42 Å². The van der Waals surface area contributed by atoms with Crippen molar-refractivity contribution in [2.24, 2.45) is 17.2 Å². The molecule has 0 atom stereocenters. The molecule has 0 amide bonds. The van der Waals surface area contributed by atoms with E-state index >= 15 is 0 Å². The molecule has 0 heterocycles. The van der Waals surface area contributed by atoms with Crippen molar-refractivity contribution in [1.82, 2.24) is 4.90 Å². The van der Waals surface area contributed by atoms with E-state index in [1.54, 1.807) is 0 Å². The molecule has 0 aliphatic rings. The summed E-state index contributed by atoms with van der Waals surface area (Å²) in [5.41, 5.74) is 16.2. The summed E-state index contributed by atoms with van der Waals surface area (Å²) in [6.45, 7) is 5.01. The third-order valence-corrected chi connectivity index (χ3v) is 1.57. The topological polar surface area (TPSA) is 81.3 Å². The first kappa shape index (κ1) is 10.8. The lowest BCUT2D eigenvalue weighted by Crippen LogP contribution is -2.35. The van der Waals surface area contributed by atoms with Gasteiger partial charge in [0.2, 0.25) is 0 Å². The highest BCUT2D eigenvalue weighted by Gasteiger charge is 1.99. The van der Waals surface area contributed by atoms with E-state index in [4.69, 9.17) is 17.2 Å². The maximum atomic E-state index is 5.42. The fraction of sp³-hybridized carbons (Fsp3) is 1.00. The first-order valence-electron chi connectivity index (χ1n) is 4.17. The zero-order valence-corrected chi connectivity index (χ0v) is 7.13. The molecule has 0 aliphatic heterocycles. The van der Waals surface area contributed by atoms with Gasteiger partial charge in [0.15, 0.2) is 0 Å². The van der Waals surface area contributed by atoms with E-state index < -0.39 is 0 Å². The summed E-state index contributed by atoms with van der Waals surface area (Å²) in [5, 5.41) is 0. The van der Waals surface area contributed by atoms with E-state index in [0.29, 0.717) is 13.1 Å². The van der Waals surface area contributed by atoms with E-state index in [2.05, 4.69) is 4.90 Å². The molecule has 0 aromatic heterocycles. The molecule has 0 aliphatic carbocycles. The van der Waals surface area contributed by atoms with E-state index in [-0.39, 0.29) is 0 Å². The lowest BCUT2D eigenvalue weighted by atomic mass is 10.3. The monoisotopic (exact) mass is 160 g/mol. The Labute approximate surface area is 68.7 Å². The Balaban J connectivity index is 3.34.